The smallest absolute Gasteiger partial charge is 0.311 e. The van der Waals surface area contributed by atoms with Gasteiger partial charge in [-0.15, -0.1) is 0 Å². The molecule has 0 rings (SSSR count). The van der Waals surface area contributed by atoms with Crippen molar-refractivity contribution in [2.45, 2.75) is 13.3 Å². The van der Waals surface area contributed by atoms with E-state index < -0.39 is 18.4 Å². The molecule has 0 aliphatic heterocycles. The number of carboxylic acid groups (broad SMARTS) is 1. The van der Waals surface area contributed by atoms with Crippen LogP contribution in [0.5, 0.6) is 0 Å². The largest absolute Gasteiger partial charge is 1.00 e. The Morgan fingerprint density at radius 2 is 2.00 bits per heavy atom. The summed E-state index contributed by atoms with van der Waals surface area (Å²) in [4.78, 5) is 19.9. The van der Waals surface area contributed by atoms with E-state index in [-0.39, 0.29) is 19.0 Å². The van der Waals surface area contributed by atoms with Gasteiger partial charge in [0.05, 0.1) is 19.0 Å². The lowest BCUT2D eigenvalue weighted by Crippen LogP contribution is -3.00. The molecule has 0 bridgehead atoms. The van der Waals surface area contributed by atoms with Gasteiger partial charge in [-0.25, -0.2) is 0 Å². The van der Waals surface area contributed by atoms with E-state index in [0.29, 0.717) is 0 Å². The van der Waals surface area contributed by atoms with E-state index in [2.05, 4.69) is 4.74 Å². The van der Waals surface area contributed by atoms with Crippen molar-refractivity contribution in [1.82, 2.24) is 0 Å². The lowest BCUT2D eigenvalue weighted by molar-refractivity contribution is -0.305. The maximum Gasteiger partial charge on any atom is 0.311 e. The van der Waals surface area contributed by atoms with Crippen LogP contribution < -0.4 is 17.5 Å². The number of hydrogen-bond acceptors (Lipinski definition) is 4. The fourth-order valence-electron chi connectivity index (χ4n) is 0.330. The Kier molecular flexibility index (Phi) is 7.60. The lowest BCUT2D eigenvalue weighted by Gasteiger charge is -2.00. The third kappa shape index (κ3) is 7.23. The molecule has 4 nitrogen and oxygen atoms in total. The summed E-state index contributed by atoms with van der Waals surface area (Å²) in [7, 11) is 0. The molecule has 0 aliphatic carbocycles. The predicted molar refractivity (Wildman–Crippen MR) is 26.3 cm³/mol. The third-order valence-electron chi connectivity index (χ3n) is 0.594. The van der Waals surface area contributed by atoms with E-state index in [4.69, 9.17) is 0 Å². The lowest BCUT2D eigenvalue weighted by atomic mass is 10.4. The number of carbonyl (C=O) groups is 2. The number of aliphatic carboxylic acids is 1. The van der Waals surface area contributed by atoms with Crippen LogP contribution in [-0.2, 0) is 14.3 Å². The molecule has 10 heavy (non-hydrogen) atoms. The normalized spacial score (nSPS) is 7.70. The molecule has 0 heterocycles. The molecular weight excluding hydrogens is 160 g/mol. The van der Waals surface area contributed by atoms with E-state index in [1.54, 1.807) is 6.92 Å². The fraction of sp³-hybridized carbons (Fsp3) is 0.600. The van der Waals surface area contributed by atoms with Crippen molar-refractivity contribution >= 4 is 11.9 Å². The predicted octanol–water partition coefficient (Wildman–Crippen LogP) is -4.31. The maximum atomic E-state index is 10.2. The maximum absolute atomic E-state index is 10.2. The van der Waals surface area contributed by atoms with Crippen LogP contribution in [0.4, 0.5) is 0 Å². The monoisotopic (exact) mass is 166 g/mol. The molecule has 0 aromatic heterocycles. The number of rotatable bonds is 3. The summed E-state index contributed by atoms with van der Waals surface area (Å²) in [6.45, 7) is 1.80. The van der Waals surface area contributed by atoms with Crippen LogP contribution in [0.25, 0.3) is 0 Å². The molecule has 0 aromatic carbocycles. The molecule has 0 amide bonds. The molecule has 0 unspecified atom stereocenters. The number of ether oxygens (including phenoxy) is 1. The van der Waals surface area contributed by atoms with E-state index in [0.717, 1.165) is 0 Å². The van der Waals surface area contributed by atoms with E-state index >= 15 is 0 Å². The van der Waals surface area contributed by atoms with Crippen molar-refractivity contribution < 1.29 is 31.8 Å². The van der Waals surface area contributed by atoms with Gasteiger partial charge >= 0.3 is 5.97 Å². The average Bonchev–Trinajstić information content (AvgIpc) is 1.63. The zero-order chi connectivity index (χ0) is 7.28. The summed E-state index contributed by atoms with van der Waals surface area (Å²) in [6, 6.07) is 0. The van der Waals surface area contributed by atoms with Gasteiger partial charge in [-0.2, -0.15) is 0 Å². The van der Waals surface area contributed by atoms with Crippen LogP contribution in [0.1, 0.15) is 13.3 Å². The Bertz CT molecular complexity index is 123. The molecular formula is C5H7ClO4-2. The first-order valence-corrected chi connectivity index (χ1v) is 2.52. The van der Waals surface area contributed by atoms with Gasteiger partial charge < -0.3 is 27.0 Å². The Morgan fingerprint density at radius 3 is 2.30 bits per heavy atom. The highest BCUT2D eigenvalue weighted by Gasteiger charge is 1.99. The number of hydrogen-bond donors (Lipinski definition) is 0. The summed E-state index contributed by atoms with van der Waals surface area (Å²) in [5, 5.41) is 9.67. The first-order valence-electron chi connectivity index (χ1n) is 2.52. The molecule has 0 radical (unpaired) electrons. The SMILES string of the molecule is CCOC(=O)CC(=O)[O-].[Cl-]. The second-order valence-electron chi connectivity index (χ2n) is 1.35. The second-order valence-corrected chi connectivity index (χ2v) is 1.35. The average molecular weight is 167 g/mol. The van der Waals surface area contributed by atoms with Gasteiger partial charge in [0.15, 0.2) is 0 Å². The van der Waals surface area contributed by atoms with E-state index in [9.17, 15) is 14.7 Å². The number of carboxylic acids is 1. The van der Waals surface area contributed by atoms with E-state index in [1.807, 2.05) is 0 Å². The Hall–Kier alpha value is -0.770. The van der Waals surface area contributed by atoms with Crippen LogP contribution in [0.3, 0.4) is 0 Å². The Labute approximate surface area is 64.6 Å². The summed E-state index contributed by atoms with van der Waals surface area (Å²) < 4.78 is 4.29. The second kappa shape index (κ2) is 6.35. The first kappa shape index (κ1) is 12.0. The van der Waals surface area contributed by atoms with Gasteiger partial charge in [-0.1, -0.05) is 0 Å². The van der Waals surface area contributed by atoms with Crippen molar-refractivity contribution in [1.29, 1.82) is 0 Å². The summed E-state index contributed by atoms with van der Waals surface area (Å²) in [5.41, 5.74) is 0. The first-order chi connectivity index (χ1) is 4.16. The highest BCUT2D eigenvalue weighted by atomic mass is 35.5. The van der Waals surface area contributed by atoms with Crippen molar-refractivity contribution in [3.8, 4) is 0 Å². The van der Waals surface area contributed by atoms with Crippen LogP contribution in [0.2, 0.25) is 0 Å². The van der Waals surface area contributed by atoms with Crippen LogP contribution in [0, 0.1) is 0 Å². The minimum atomic E-state index is -1.41. The van der Waals surface area contributed by atoms with Gasteiger partial charge in [0.2, 0.25) is 0 Å². The zero-order valence-electron chi connectivity index (χ0n) is 5.43. The van der Waals surface area contributed by atoms with Gasteiger partial charge in [0.1, 0.15) is 0 Å². The molecule has 0 aromatic rings. The minimum absolute atomic E-state index is 0. The molecule has 0 saturated heterocycles. The number of carbonyl (C=O) groups excluding carboxylic acids is 2. The number of halogens is 1. The van der Waals surface area contributed by atoms with Crippen molar-refractivity contribution in [2.75, 3.05) is 6.61 Å². The Balaban J connectivity index is 0. The van der Waals surface area contributed by atoms with Gasteiger partial charge in [-0.05, 0) is 6.92 Å². The highest BCUT2D eigenvalue weighted by molar-refractivity contribution is 5.88. The van der Waals surface area contributed by atoms with Gasteiger partial charge in [0.25, 0.3) is 0 Å². The molecule has 60 valence electrons. The topological polar surface area (TPSA) is 66.4 Å². The molecule has 0 fully saturated rings. The van der Waals surface area contributed by atoms with Crippen LogP contribution in [-0.4, -0.2) is 18.5 Å². The molecule has 0 aliphatic rings. The minimum Gasteiger partial charge on any atom is -1.00 e. The molecule has 0 atom stereocenters. The van der Waals surface area contributed by atoms with E-state index in [1.165, 1.54) is 0 Å². The molecule has 0 spiro atoms. The zero-order valence-corrected chi connectivity index (χ0v) is 6.18. The van der Waals surface area contributed by atoms with Crippen LogP contribution >= 0.6 is 0 Å². The highest BCUT2D eigenvalue weighted by Crippen LogP contribution is 1.82. The third-order valence-corrected chi connectivity index (χ3v) is 0.594. The van der Waals surface area contributed by atoms with Crippen molar-refractivity contribution in [2.24, 2.45) is 0 Å². The molecule has 0 N–H and O–H groups in total. The summed E-state index contributed by atoms with van der Waals surface area (Å²) in [6.07, 6.45) is -0.659. The summed E-state index contributed by atoms with van der Waals surface area (Å²) >= 11 is 0. The molecule has 0 saturated carbocycles. The molecule has 5 heteroatoms. The van der Waals surface area contributed by atoms with Crippen molar-refractivity contribution in [3.05, 3.63) is 0 Å². The van der Waals surface area contributed by atoms with Crippen LogP contribution in [0.15, 0.2) is 0 Å². The van der Waals surface area contributed by atoms with Crippen molar-refractivity contribution in [3.63, 3.8) is 0 Å². The quantitative estimate of drug-likeness (QED) is 0.314. The standard InChI is InChI=1S/C5H8O4.ClH/c1-2-9-5(8)3-4(6)7;/h2-3H2,1H3,(H,6,7);1H/p-2. The van der Waals surface area contributed by atoms with Gasteiger partial charge in [-0.3, -0.25) is 4.79 Å². The fourth-order valence-corrected chi connectivity index (χ4v) is 0.330. The number of esters is 1. The Morgan fingerprint density at radius 1 is 1.50 bits per heavy atom. The van der Waals surface area contributed by atoms with Gasteiger partial charge in [0, 0.05) is 0 Å². The summed E-state index contributed by atoms with van der Waals surface area (Å²) in [5.74, 6) is -2.16.